The number of amides is 1. The zero-order valence-electron chi connectivity index (χ0n) is 12.6. The van der Waals surface area contributed by atoms with Crippen LogP contribution in [0.3, 0.4) is 0 Å². The zero-order valence-corrected chi connectivity index (χ0v) is 14.1. The summed E-state index contributed by atoms with van der Waals surface area (Å²) in [5.41, 5.74) is 1.89. The Hall–Kier alpha value is -2.81. The summed E-state index contributed by atoms with van der Waals surface area (Å²) in [4.78, 5) is 26.7. The van der Waals surface area contributed by atoms with E-state index in [2.05, 4.69) is 31.3 Å². The topological polar surface area (TPSA) is 103 Å². The fraction of sp³-hybridized carbons (Fsp3) is 0.133. The monoisotopic (exact) mass is 389 g/mol. The maximum absolute atomic E-state index is 12.2. The summed E-state index contributed by atoms with van der Waals surface area (Å²) in [5.74, 6) is -0.659. The molecular weight excluding hydrogens is 378 g/mol. The molecule has 8 nitrogen and oxygen atoms in total. The SMILES string of the molecule is Cc1c(Br)c([N+](=O)[O-])nn1CC(=O)Nc1cnc2ccccc2c1. The second-order valence-electron chi connectivity index (χ2n) is 5.10. The van der Waals surface area contributed by atoms with E-state index in [0.717, 1.165) is 10.9 Å². The van der Waals surface area contributed by atoms with Crippen molar-refractivity contribution in [2.75, 3.05) is 5.32 Å². The molecule has 0 unspecified atom stereocenters. The second-order valence-corrected chi connectivity index (χ2v) is 5.90. The molecule has 0 spiro atoms. The molecule has 3 aromatic rings. The maximum atomic E-state index is 12.2. The minimum Gasteiger partial charge on any atom is -0.358 e. The Bertz CT molecular complexity index is 953. The van der Waals surface area contributed by atoms with Crippen molar-refractivity contribution in [3.05, 3.63) is 56.8 Å². The Morgan fingerprint density at radius 2 is 2.17 bits per heavy atom. The molecule has 1 aromatic carbocycles. The highest BCUT2D eigenvalue weighted by atomic mass is 79.9. The van der Waals surface area contributed by atoms with Gasteiger partial charge in [-0.25, -0.2) is 0 Å². The van der Waals surface area contributed by atoms with E-state index in [1.165, 1.54) is 4.68 Å². The molecule has 0 aliphatic carbocycles. The molecule has 0 saturated heterocycles. The number of para-hydroxylation sites is 1. The van der Waals surface area contributed by atoms with Gasteiger partial charge in [0, 0.05) is 5.39 Å². The molecule has 2 heterocycles. The summed E-state index contributed by atoms with van der Waals surface area (Å²) in [6.07, 6.45) is 1.56. The van der Waals surface area contributed by atoms with Crippen LogP contribution >= 0.6 is 15.9 Å². The number of fused-ring (bicyclic) bond motifs is 1. The van der Waals surface area contributed by atoms with Gasteiger partial charge in [0.15, 0.2) is 0 Å². The van der Waals surface area contributed by atoms with Crippen LogP contribution in [0.25, 0.3) is 10.9 Å². The van der Waals surface area contributed by atoms with Gasteiger partial charge in [-0.2, -0.15) is 4.68 Å². The Kier molecular flexibility index (Phi) is 4.26. The van der Waals surface area contributed by atoms with Crippen LogP contribution in [-0.2, 0) is 11.3 Å². The summed E-state index contributed by atoms with van der Waals surface area (Å²) < 4.78 is 1.55. The van der Waals surface area contributed by atoms with E-state index in [1.807, 2.05) is 30.3 Å². The van der Waals surface area contributed by atoms with Crippen LogP contribution in [0, 0.1) is 17.0 Å². The highest BCUT2D eigenvalue weighted by Gasteiger charge is 2.24. The summed E-state index contributed by atoms with van der Waals surface area (Å²) in [5, 5.41) is 18.3. The lowest BCUT2D eigenvalue weighted by atomic mass is 10.2. The minimum atomic E-state index is -0.598. The lowest BCUT2D eigenvalue weighted by molar-refractivity contribution is -0.390. The van der Waals surface area contributed by atoms with Crippen LogP contribution in [0.2, 0.25) is 0 Å². The third-order valence-corrected chi connectivity index (χ3v) is 4.39. The number of nitro groups is 1. The van der Waals surface area contributed by atoms with Gasteiger partial charge < -0.3 is 15.4 Å². The second kappa shape index (κ2) is 6.36. The van der Waals surface area contributed by atoms with Crippen molar-refractivity contribution in [2.24, 2.45) is 0 Å². The Labute approximate surface area is 144 Å². The largest absolute Gasteiger partial charge is 0.404 e. The number of benzene rings is 1. The maximum Gasteiger partial charge on any atom is 0.404 e. The van der Waals surface area contributed by atoms with Gasteiger partial charge in [0.25, 0.3) is 0 Å². The molecule has 24 heavy (non-hydrogen) atoms. The van der Waals surface area contributed by atoms with E-state index in [1.54, 1.807) is 13.1 Å². The van der Waals surface area contributed by atoms with Crippen LogP contribution in [0.15, 0.2) is 41.0 Å². The molecule has 9 heteroatoms. The number of anilines is 1. The quantitative estimate of drug-likeness (QED) is 0.545. The zero-order chi connectivity index (χ0) is 17.3. The number of carbonyl (C=O) groups is 1. The van der Waals surface area contributed by atoms with Gasteiger partial charge in [0.1, 0.15) is 11.0 Å². The lowest BCUT2D eigenvalue weighted by Gasteiger charge is -2.05. The molecule has 0 bridgehead atoms. The lowest BCUT2D eigenvalue weighted by Crippen LogP contribution is -2.20. The molecule has 0 radical (unpaired) electrons. The molecule has 0 fully saturated rings. The molecule has 3 rings (SSSR count). The van der Waals surface area contributed by atoms with Gasteiger partial charge >= 0.3 is 5.82 Å². The molecule has 0 atom stereocenters. The van der Waals surface area contributed by atoms with E-state index in [9.17, 15) is 14.9 Å². The number of hydrogen-bond acceptors (Lipinski definition) is 5. The molecule has 0 saturated carbocycles. The van der Waals surface area contributed by atoms with E-state index >= 15 is 0 Å². The van der Waals surface area contributed by atoms with E-state index < -0.39 is 4.92 Å². The number of rotatable bonds is 4. The van der Waals surface area contributed by atoms with Gasteiger partial charge in [-0.3, -0.25) is 9.78 Å². The van der Waals surface area contributed by atoms with Crippen molar-refractivity contribution in [2.45, 2.75) is 13.5 Å². The number of hydrogen-bond donors (Lipinski definition) is 1. The number of pyridine rings is 1. The number of halogens is 1. The molecule has 0 aliphatic heterocycles. The molecule has 1 N–H and O–H groups in total. The first-order valence-corrected chi connectivity index (χ1v) is 7.77. The molecule has 122 valence electrons. The summed E-state index contributed by atoms with van der Waals surface area (Å²) >= 11 is 3.12. The molecule has 1 amide bonds. The average Bonchev–Trinajstić information content (AvgIpc) is 2.83. The number of aromatic nitrogens is 3. The van der Waals surface area contributed by atoms with Crippen LogP contribution in [0.5, 0.6) is 0 Å². The summed E-state index contributed by atoms with van der Waals surface area (Å²) in [7, 11) is 0. The Morgan fingerprint density at radius 1 is 1.42 bits per heavy atom. The molecular formula is C15H12BrN5O3. The van der Waals surface area contributed by atoms with Gasteiger partial charge in [0.2, 0.25) is 5.91 Å². The predicted molar refractivity (Wildman–Crippen MR) is 91.7 cm³/mol. The van der Waals surface area contributed by atoms with Gasteiger partial charge in [-0.15, -0.1) is 0 Å². The average molecular weight is 390 g/mol. The number of nitrogens with one attached hydrogen (secondary N) is 1. The Morgan fingerprint density at radius 3 is 2.88 bits per heavy atom. The van der Waals surface area contributed by atoms with Gasteiger partial charge in [-0.1, -0.05) is 18.2 Å². The van der Waals surface area contributed by atoms with Crippen molar-refractivity contribution in [3.8, 4) is 0 Å². The van der Waals surface area contributed by atoms with Crippen molar-refractivity contribution in [1.29, 1.82) is 0 Å². The Balaban J connectivity index is 1.77. The minimum absolute atomic E-state index is 0.134. The first-order chi connectivity index (χ1) is 11.5. The fourth-order valence-corrected chi connectivity index (χ4v) is 2.68. The van der Waals surface area contributed by atoms with Crippen molar-refractivity contribution in [3.63, 3.8) is 0 Å². The first kappa shape index (κ1) is 16.1. The third-order valence-electron chi connectivity index (χ3n) is 3.46. The van der Waals surface area contributed by atoms with E-state index in [4.69, 9.17) is 0 Å². The molecule has 0 aliphatic rings. The standard InChI is InChI=1S/C15H12BrN5O3/c1-9-14(16)15(21(23)24)19-20(9)8-13(22)18-11-6-10-4-2-3-5-12(10)17-7-11/h2-7H,8H2,1H3,(H,18,22). The van der Waals surface area contributed by atoms with Crippen LogP contribution < -0.4 is 5.32 Å². The summed E-state index contributed by atoms with van der Waals surface area (Å²) in [6.45, 7) is 1.51. The van der Waals surface area contributed by atoms with Gasteiger partial charge in [-0.05, 0) is 39.9 Å². The highest BCUT2D eigenvalue weighted by Crippen LogP contribution is 2.26. The predicted octanol–water partition coefficient (Wildman–Crippen LogP) is 3.05. The molecule has 2 aromatic heterocycles. The summed E-state index contributed by atoms with van der Waals surface area (Å²) in [6, 6.07) is 9.37. The third kappa shape index (κ3) is 3.11. The van der Waals surface area contributed by atoms with E-state index in [0.29, 0.717) is 11.4 Å². The number of nitrogens with zero attached hydrogens (tertiary/aromatic N) is 4. The van der Waals surface area contributed by atoms with Crippen molar-refractivity contribution in [1.82, 2.24) is 14.8 Å². The highest BCUT2D eigenvalue weighted by molar-refractivity contribution is 9.10. The fourth-order valence-electron chi connectivity index (χ4n) is 2.25. The normalized spacial score (nSPS) is 10.8. The van der Waals surface area contributed by atoms with Crippen LogP contribution in [0.1, 0.15) is 5.69 Å². The van der Waals surface area contributed by atoms with Crippen LogP contribution in [-0.4, -0.2) is 25.6 Å². The number of carbonyl (C=O) groups excluding carboxylic acids is 1. The van der Waals surface area contributed by atoms with Crippen LogP contribution in [0.4, 0.5) is 11.5 Å². The van der Waals surface area contributed by atoms with Gasteiger partial charge in [0.05, 0.1) is 28.2 Å². The van der Waals surface area contributed by atoms with Crippen molar-refractivity contribution < 1.29 is 9.72 Å². The smallest absolute Gasteiger partial charge is 0.358 e. The van der Waals surface area contributed by atoms with E-state index in [-0.39, 0.29) is 22.7 Å². The van der Waals surface area contributed by atoms with Crippen molar-refractivity contribution >= 4 is 44.2 Å². The first-order valence-electron chi connectivity index (χ1n) is 6.97.